The van der Waals surface area contributed by atoms with Gasteiger partial charge in [0.05, 0.1) is 0 Å². The second-order valence-corrected chi connectivity index (χ2v) is 7.27. The van der Waals surface area contributed by atoms with Crippen molar-refractivity contribution in [1.29, 1.82) is 0 Å². The Morgan fingerprint density at radius 3 is 2.76 bits per heavy atom. The van der Waals surface area contributed by atoms with E-state index < -0.39 is 0 Å². The summed E-state index contributed by atoms with van der Waals surface area (Å²) >= 11 is 0. The highest BCUT2D eigenvalue weighted by Gasteiger charge is 2.32. The fraction of sp³-hybridized carbons (Fsp3) is 0.600. The van der Waals surface area contributed by atoms with Crippen molar-refractivity contribution < 1.29 is 9.59 Å². The van der Waals surface area contributed by atoms with E-state index >= 15 is 0 Å². The zero-order valence-corrected chi connectivity index (χ0v) is 15.1. The number of urea groups is 1. The minimum atomic E-state index is 0.0107. The molecule has 1 aromatic carbocycles. The second kappa shape index (κ2) is 8.37. The highest BCUT2D eigenvalue weighted by Crippen LogP contribution is 2.22. The highest BCUT2D eigenvalue weighted by atomic mass is 16.2. The molecule has 0 spiro atoms. The van der Waals surface area contributed by atoms with E-state index in [0.717, 1.165) is 38.8 Å². The Balaban J connectivity index is 1.44. The molecule has 2 saturated heterocycles. The molecule has 0 bridgehead atoms. The molecule has 136 valence electrons. The number of amides is 3. The molecule has 3 amide bonds. The first-order chi connectivity index (χ1) is 12.1. The summed E-state index contributed by atoms with van der Waals surface area (Å²) in [6.07, 6.45) is 4.54. The summed E-state index contributed by atoms with van der Waals surface area (Å²) in [7, 11) is 0. The van der Waals surface area contributed by atoms with Crippen LogP contribution >= 0.6 is 0 Å². The molecule has 2 aliphatic rings. The Kier molecular flexibility index (Phi) is 5.95. The molecule has 2 atom stereocenters. The Hall–Kier alpha value is -2.04. The molecule has 5 nitrogen and oxygen atoms in total. The van der Waals surface area contributed by atoms with Gasteiger partial charge in [-0.25, -0.2) is 4.79 Å². The molecule has 0 saturated carbocycles. The number of carbonyl (C=O) groups is 2. The number of benzene rings is 1. The van der Waals surface area contributed by atoms with Crippen LogP contribution in [-0.4, -0.2) is 54.0 Å². The molecule has 5 heteroatoms. The van der Waals surface area contributed by atoms with Gasteiger partial charge in [-0.1, -0.05) is 37.3 Å². The minimum Gasteiger partial charge on any atom is -0.338 e. The fourth-order valence-corrected chi connectivity index (χ4v) is 3.90. The van der Waals surface area contributed by atoms with Crippen molar-refractivity contribution in [2.45, 2.75) is 51.0 Å². The fourth-order valence-electron chi connectivity index (χ4n) is 3.90. The number of nitrogens with zero attached hydrogens (tertiary/aromatic N) is 2. The number of likely N-dealkylation sites (tertiary alicyclic amines) is 2. The molecular weight excluding hydrogens is 314 g/mol. The zero-order chi connectivity index (χ0) is 17.6. The zero-order valence-electron chi connectivity index (χ0n) is 15.1. The predicted octanol–water partition coefficient (Wildman–Crippen LogP) is 2.98. The number of carbonyl (C=O) groups excluding carboxylic acids is 2. The standard InChI is InChI=1S/C20H29N3O2/c1-16(17-7-3-2-4-8-17)11-12-21-20(25)22-13-5-9-18(15-22)23-14-6-10-19(23)24/h2-4,7-8,16,18H,5-6,9-15H2,1H3,(H,21,25)/t16-,18+/m0/s1. The minimum absolute atomic E-state index is 0.0107. The summed E-state index contributed by atoms with van der Waals surface area (Å²) in [4.78, 5) is 28.3. The number of nitrogens with one attached hydrogen (secondary N) is 1. The maximum Gasteiger partial charge on any atom is 0.317 e. The van der Waals surface area contributed by atoms with Gasteiger partial charge in [0.25, 0.3) is 0 Å². The van der Waals surface area contributed by atoms with Crippen LogP contribution in [-0.2, 0) is 4.79 Å². The van der Waals surface area contributed by atoms with E-state index in [4.69, 9.17) is 0 Å². The molecule has 2 heterocycles. The first-order valence-electron chi connectivity index (χ1n) is 9.52. The molecule has 25 heavy (non-hydrogen) atoms. The monoisotopic (exact) mass is 343 g/mol. The van der Waals surface area contributed by atoms with Crippen LogP contribution in [0.4, 0.5) is 4.79 Å². The lowest BCUT2D eigenvalue weighted by molar-refractivity contribution is -0.130. The Bertz CT molecular complexity index is 590. The van der Waals surface area contributed by atoms with Gasteiger partial charge in [-0.15, -0.1) is 0 Å². The first-order valence-corrected chi connectivity index (χ1v) is 9.52. The average Bonchev–Trinajstić information content (AvgIpc) is 3.08. The topological polar surface area (TPSA) is 52.7 Å². The third-order valence-electron chi connectivity index (χ3n) is 5.46. The van der Waals surface area contributed by atoms with Crippen molar-refractivity contribution in [3.63, 3.8) is 0 Å². The summed E-state index contributed by atoms with van der Waals surface area (Å²) in [6, 6.07) is 10.6. The van der Waals surface area contributed by atoms with E-state index in [1.54, 1.807) is 0 Å². The van der Waals surface area contributed by atoms with Crippen molar-refractivity contribution in [3.8, 4) is 0 Å². The van der Waals surface area contributed by atoms with Crippen molar-refractivity contribution in [2.75, 3.05) is 26.2 Å². The van der Waals surface area contributed by atoms with E-state index in [1.807, 2.05) is 15.9 Å². The normalized spacial score (nSPS) is 22.1. The lowest BCUT2D eigenvalue weighted by Gasteiger charge is -2.37. The molecule has 0 aromatic heterocycles. The lowest BCUT2D eigenvalue weighted by atomic mass is 9.98. The highest BCUT2D eigenvalue weighted by molar-refractivity contribution is 5.79. The lowest BCUT2D eigenvalue weighted by Crippen LogP contribution is -2.52. The third kappa shape index (κ3) is 4.53. The van der Waals surface area contributed by atoms with Crippen molar-refractivity contribution in [3.05, 3.63) is 35.9 Å². The van der Waals surface area contributed by atoms with Gasteiger partial charge >= 0.3 is 6.03 Å². The number of rotatable bonds is 5. The van der Waals surface area contributed by atoms with Crippen molar-refractivity contribution in [2.24, 2.45) is 0 Å². The molecule has 3 rings (SSSR count). The molecular formula is C20H29N3O2. The quantitative estimate of drug-likeness (QED) is 0.893. The maximum atomic E-state index is 12.5. The summed E-state index contributed by atoms with van der Waals surface area (Å²) < 4.78 is 0. The molecule has 1 N–H and O–H groups in total. The van der Waals surface area contributed by atoms with Crippen LogP contribution in [0.5, 0.6) is 0 Å². The smallest absolute Gasteiger partial charge is 0.317 e. The summed E-state index contributed by atoms with van der Waals surface area (Å²) in [5.41, 5.74) is 1.31. The van der Waals surface area contributed by atoms with Crippen LogP contribution in [0.25, 0.3) is 0 Å². The summed E-state index contributed by atoms with van der Waals surface area (Å²) in [5, 5.41) is 3.06. The predicted molar refractivity (Wildman–Crippen MR) is 98.4 cm³/mol. The van der Waals surface area contributed by atoms with Crippen LogP contribution in [0.1, 0.15) is 50.5 Å². The number of hydrogen-bond acceptors (Lipinski definition) is 2. The van der Waals surface area contributed by atoms with Crippen LogP contribution in [0, 0.1) is 0 Å². The van der Waals surface area contributed by atoms with Crippen LogP contribution < -0.4 is 5.32 Å². The largest absolute Gasteiger partial charge is 0.338 e. The SMILES string of the molecule is C[C@@H](CCNC(=O)N1CCC[C@@H](N2CCCC2=O)C1)c1ccccc1. The first kappa shape index (κ1) is 17.8. The van der Waals surface area contributed by atoms with E-state index in [9.17, 15) is 9.59 Å². The van der Waals surface area contributed by atoms with Gasteiger partial charge in [0.1, 0.15) is 0 Å². The van der Waals surface area contributed by atoms with Gasteiger partial charge in [0.15, 0.2) is 0 Å². The van der Waals surface area contributed by atoms with E-state index in [2.05, 4.69) is 36.5 Å². The molecule has 2 fully saturated rings. The van der Waals surface area contributed by atoms with E-state index in [1.165, 1.54) is 5.56 Å². The van der Waals surface area contributed by atoms with Crippen molar-refractivity contribution in [1.82, 2.24) is 15.1 Å². The maximum absolute atomic E-state index is 12.5. The Morgan fingerprint density at radius 2 is 2.04 bits per heavy atom. The van der Waals surface area contributed by atoms with Gasteiger partial charge in [-0.3, -0.25) is 4.79 Å². The van der Waals surface area contributed by atoms with Crippen LogP contribution in [0.2, 0.25) is 0 Å². The van der Waals surface area contributed by atoms with Gasteiger partial charge in [-0.05, 0) is 37.2 Å². The van der Waals surface area contributed by atoms with Gasteiger partial charge in [0, 0.05) is 38.6 Å². The van der Waals surface area contributed by atoms with Gasteiger partial charge < -0.3 is 15.1 Å². The van der Waals surface area contributed by atoms with Crippen LogP contribution in [0.3, 0.4) is 0 Å². The summed E-state index contributed by atoms with van der Waals surface area (Å²) in [5.74, 6) is 0.682. The Labute approximate surface area is 150 Å². The number of piperidine rings is 1. The third-order valence-corrected chi connectivity index (χ3v) is 5.46. The Morgan fingerprint density at radius 1 is 1.24 bits per heavy atom. The molecule has 1 aromatic rings. The van der Waals surface area contributed by atoms with Gasteiger partial charge in [-0.2, -0.15) is 0 Å². The summed E-state index contributed by atoms with van der Waals surface area (Å²) in [6.45, 7) is 5.19. The van der Waals surface area contributed by atoms with E-state index in [-0.39, 0.29) is 18.0 Å². The van der Waals surface area contributed by atoms with Crippen molar-refractivity contribution >= 4 is 11.9 Å². The van der Waals surface area contributed by atoms with E-state index in [0.29, 0.717) is 25.4 Å². The molecule has 2 aliphatic heterocycles. The average molecular weight is 343 g/mol. The molecule has 0 aliphatic carbocycles. The number of hydrogen-bond donors (Lipinski definition) is 1. The van der Waals surface area contributed by atoms with Crippen LogP contribution in [0.15, 0.2) is 30.3 Å². The second-order valence-electron chi connectivity index (χ2n) is 7.27. The molecule has 0 unspecified atom stereocenters. The molecule has 0 radical (unpaired) electrons. The van der Waals surface area contributed by atoms with Gasteiger partial charge in [0.2, 0.25) is 5.91 Å².